The highest BCUT2D eigenvalue weighted by molar-refractivity contribution is 6.01. The quantitative estimate of drug-likeness (QED) is 0.635. The normalized spacial score (nSPS) is 19.9. The van der Waals surface area contributed by atoms with Crippen LogP contribution in [0.4, 0.5) is 13.2 Å². The minimum atomic E-state index is -4.50. The van der Waals surface area contributed by atoms with Gasteiger partial charge in [0.25, 0.3) is 5.91 Å². The molecule has 2 N–H and O–H groups in total. The number of alkyl halides is 3. The Balaban J connectivity index is 1.81. The highest BCUT2D eigenvalue weighted by Gasteiger charge is 2.40. The first kappa shape index (κ1) is 18.8. The smallest absolute Gasteiger partial charge is 0.380 e. The van der Waals surface area contributed by atoms with Crippen LogP contribution in [0.5, 0.6) is 5.75 Å². The van der Waals surface area contributed by atoms with Crippen LogP contribution < -0.4 is 15.6 Å². The highest BCUT2D eigenvalue weighted by atomic mass is 19.4. The van der Waals surface area contributed by atoms with Crippen molar-refractivity contribution in [2.24, 2.45) is 5.92 Å². The lowest BCUT2D eigenvalue weighted by Crippen LogP contribution is -2.49. The molecule has 0 radical (unpaired) electrons. The molecule has 1 aliphatic rings. The Hall–Kier alpha value is -3.03. The van der Waals surface area contributed by atoms with Gasteiger partial charge in [0.15, 0.2) is 5.75 Å². The second-order valence-corrected chi connectivity index (χ2v) is 6.17. The van der Waals surface area contributed by atoms with Gasteiger partial charge in [-0.05, 0) is 30.2 Å². The third kappa shape index (κ3) is 4.39. The molecule has 0 bridgehead atoms. The molecule has 1 heterocycles. The fourth-order valence-electron chi connectivity index (χ4n) is 3.08. The lowest BCUT2D eigenvalue weighted by Gasteiger charge is -2.30. The average Bonchev–Trinajstić information content (AvgIpc) is 2.66. The number of para-hydroxylation sites is 1. The zero-order valence-corrected chi connectivity index (χ0v) is 14.1. The molecule has 0 spiro atoms. The molecule has 1 aliphatic heterocycles. The zero-order valence-electron chi connectivity index (χ0n) is 14.1. The second kappa shape index (κ2) is 7.69. The second-order valence-electron chi connectivity index (χ2n) is 6.17. The van der Waals surface area contributed by atoms with Gasteiger partial charge in [-0.3, -0.25) is 9.59 Å². The van der Waals surface area contributed by atoms with E-state index in [1.165, 1.54) is 12.1 Å². The van der Waals surface area contributed by atoms with Crippen molar-refractivity contribution in [3.63, 3.8) is 0 Å². The van der Waals surface area contributed by atoms with E-state index in [1.54, 1.807) is 30.3 Å². The first-order valence-electron chi connectivity index (χ1n) is 8.33. The molecule has 8 heteroatoms. The Labute approximate surface area is 153 Å². The van der Waals surface area contributed by atoms with Gasteiger partial charge >= 0.3 is 6.18 Å². The summed E-state index contributed by atoms with van der Waals surface area (Å²) in [5.41, 5.74) is 1.70. The summed E-state index contributed by atoms with van der Waals surface area (Å²) < 4.78 is 39.0. The molecule has 0 saturated carbocycles. The van der Waals surface area contributed by atoms with Crippen molar-refractivity contribution in [1.29, 1.82) is 0 Å². The van der Waals surface area contributed by atoms with Crippen molar-refractivity contribution in [3.05, 3.63) is 65.7 Å². The minimum absolute atomic E-state index is 0.281. The van der Waals surface area contributed by atoms with Gasteiger partial charge in [-0.1, -0.05) is 36.4 Å². The average molecular weight is 378 g/mol. The van der Waals surface area contributed by atoms with Crippen LogP contribution in [0.3, 0.4) is 0 Å². The molecule has 27 heavy (non-hydrogen) atoms. The lowest BCUT2D eigenvalue weighted by molar-refractivity contribution is -0.142. The third-order valence-electron chi connectivity index (χ3n) is 4.38. The molecular formula is C19H17F3N2O3. The van der Waals surface area contributed by atoms with Crippen molar-refractivity contribution in [1.82, 2.24) is 10.8 Å². The summed E-state index contributed by atoms with van der Waals surface area (Å²) >= 11 is 0. The van der Waals surface area contributed by atoms with E-state index in [9.17, 15) is 22.8 Å². The van der Waals surface area contributed by atoms with Gasteiger partial charge in [0.1, 0.15) is 5.92 Å². The van der Waals surface area contributed by atoms with Crippen molar-refractivity contribution in [2.45, 2.75) is 18.5 Å². The van der Waals surface area contributed by atoms with Crippen LogP contribution in [0.15, 0.2) is 54.6 Å². The molecule has 142 valence electrons. The van der Waals surface area contributed by atoms with Gasteiger partial charge in [0.2, 0.25) is 5.91 Å². The van der Waals surface area contributed by atoms with Crippen molar-refractivity contribution in [2.75, 3.05) is 6.54 Å². The van der Waals surface area contributed by atoms with Crippen molar-refractivity contribution < 1.29 is 27.6 Å². The summed E-state index contributed by atoms with van der Waals surface area (Å²) in [5.74, 6) is -2.75. The van der Waals surface area contributed by atoms with Gasteiger partial charge in [0, 0.05) is 12.5 Å². The SMILES string of the molecule is O=C1NCCC(c2cccc(C(F)(F)F)c2)C1C(=O)NOc1ccccc1. The number of hydrogen-bond donors (Lipinski definition) is 2. The third-order valence-corrected chi connectivity index (χ3v) is 4.38. The van der Waals surface area contributed by atoms with Crippen LogP contribution >= 0.6 is 0 Å². The van der Waals surface area contributed by atoms with Crippen LogP contribution in [-0.2, 0) is 15.8 Å². The van der Waals surface area contributed by atoms with E-state index in [0.29, 0.717) is 17.7 Å². The Bertz CT molecular complexity index is 824. The number of benzene rings is 2. The fraction of sp³-hybridized carbons (Fsp3) is 0.263. The molecular weight excluding hydrogens is 361 g/mol. The number of amides is 2. The molecule has 1 fully saturated rings. The van der Waals surface area contributed by atoms with E-state index in [-0.39, 0.29) is 6.54 Å². The molecule has 0 aliphatic carbocycles. The first-order valence-corrected chi connectivity index (χ1v) is 8.33. The Kier molecular flexibility index (Phi) is 5.34. The molecule has 0 aromatic heterocycles. The van der Waals surface area contributed by atoms with Gasteiger partial charge in [-0.25, -0.2) is 0 Å². The summed E-state index contributed by atoms with van der Waals surface area (Å²) in [6, 6.07) is 13.1. The van der Waals surface area contributed by atoms with Gasteiger partial charge in [-0.2, -0.15) is 18.7 Å². The highest BCUT2D eigenvalue weighted by Crippen LogP contribution is 2.35. The number of nitrogens with one attached hydrogen (secondary N) is 2. The maximum atomic E-state index is 13.0. The molecule has 2 atom stereocenters. The van der Waals surface area contributed by atoms with E-state index >= 15 is 0 Å². The zero-order chi connectivity index (χ0) is 19.4. The molecule has 1 saturated heterocycles. The Morgan fingerprint density at radius 1 is 1.11 bits per heavy atom. The standard InChI is InChI=1S/C19H17F3N2O3/c20-19(21,22)13-6-4-5-12(11-13)15-9-10-23-17(25)16(15)18(26)24-27-14-7-2-1-3-8-14/h1-8,11,15-16H,9-10H2,(H,23,25)(H,24,26). The number of hydroxylamine groups is 1. The van der Waals surface area contributed by atoms with Crippen LogP contribution in [0.25, 0.3) is 0 Å². The van der Waals surface area contributed by atoms with Gasteiger partial charge < -0.3 is 10.2 Å². The number of rotatable bonds is 4. The predicted octanol–water partition coefficient (Wildman–Crippen LogP) is 3.04. The Morgan fingerprint density at radius 2 is 1.85 bits per heavy atom. The molecule has 2 unspecified atom stereocenters. The maximum absolute atomic E-state index is 13.0. The van der Waals surface area contributed by atoms with Crippen LogP contribution in [0.2, 0.25) is 0 Å². The summed E-state index contributed by atoms with van der Waals surface area (Å²) in [5, 5.41) is 2.58. The molecule has 2 aromatic rings. The topological polar surface area (TPSA) is 67.4 Å². The number of carbonyl (C=O) groups is 2. The van der Waals surface area contributed by atoms with E-state index < -0.39 is 35.4 Å². The van der Waals surface area contributed by atoms with E-state index in [1.807, 2.05) is 0 Å². The van der Waals surface area contributed by atoms with Crippen molar-refractivity contribution >= 4 is 11.8 Å². The number of hydrogen-bond acceptors (Lipinski definition) is 3. The van der Waals surface area contributed by atoms with Gasteiger partial charge in [-0.15, -0.1) is 0 Å². The first-order chi connectivity index (χ1) is 12.9. The van der Waals surface area contributed by atoms with Crippen LogP contribution in [0, 0.1) is 5.92 Å². The van der Waals surface area contributed by atoms with E-state index in [0.717, 1.165) is 12.1 Å². The summed E-state index contributed by atoms with van der Waals surface area (Å²) in [7, 11) is 0. The molecule has 3 rings (SSSR count). The van der Waals surface area contributed by atoms with E-state index in [2.05, 4.69) is 10.8 Å². The number of halogens is 3. The summed E-state index contributed by atoms with van der Waals surface area (Å²) in [4.78, 5) is 30.0. The molecule has 5 nitrogen and oxygen atoms in total. The number of piperidine rings is 1. The fourth-order valence-corrected chi connectivity index (χ4v) is 3.08. The summed E-state index contributed by atoms with van der Waals surface area (Å²) in [6.45, 7) is 0.281. The van der Waals surface area contributed by atoms with E-state index in [4.69, 9.17) is 4.84 Å². The largest absolute Gasteiger partial charge is 0.416 e. The monoisotopic (exact) mass is 378 g/mol. The van der Waals surface area contributed by atoms with Crippen LogP contribution in [0.1, 0.15) is 23.5 Å². The van der Waals surface area contributed by atoms with Gasteiger partial charge in [0.05, 0.1) is 5.56 Å². The predicted molar refractivity (Wildman–Crippen MR) is 90.5 cm³/mol. The molecule has 2 aromatic carbocycles. The maximum Gasteiger partial charge on any atom is 0.416 e. The lowest BCUT2D eigenvalue weighted by atomic mass is 9.79. The van der Waals surface area contributed by atoms with Crippen molar-refractivity contribution in [3.8, 4) is 5.75 Å². The minimum Gasteiger partial charge on any atom is -0.380 e. The summed E-state index contributed by atoms with van der Waals surface area (Å²) in [6.07, 6.45) is -4.16. The Morgan fingerprint density at radius 3 is 2.56 bits per heavy atom. The number of carbonyl (C=O) groups excluding carboxylic acids is 2. The molecule has 2 amide bonds. The van der Waals surface area contributed by atoms with Crippen LogP contribution in [-0.4, -0.2) is 18.4 Å².